The summed E-state index contributed by atoms with van der Waals surface area (Å²) in [7, 11) is -1.11. The van der Waals surface area contributed by atoms with E-state index in [-0.39, 0.29) is 26.2 Å². The van der Waals surface area contributed by atoms with Gasteiger partial charge in [-0.05, 0) is 0 Å². The molecule has 0 aromatic heterocycles. The molecular formula is C21H30SiZr. The van der Waals surface area contributed by atoms with E-state index in [0.717, 1.165) is 0 Å². The first-order valence-electron chi connectivity index (χ1n) is 8.29. The van der Waals surface area contributed by atoms with Crippen molar-refractivity contribution >= 4 is 8.07 Å². The second-order valence-corrected chi connectivity index (χ2v) is 11.5. The van der Waals surface area contributed by atoms with Gasteiger partial charge in [-0.2, -0.15) is 42.3 Å². The molecule has 1 aliphatic rings. The summed E-state index contributed by atoms with van der Waals surface area (Å²) >= 11 is 0. The van der Waals surface area contributed by atoms with E-state index in [0.29, 0.717) is 5.92 Å². The molecule has 0 N–H and O–H groups in total. The molecule has 1 atom stereocenters. The summed E-state index contributed by atoms with van der Waals surface area (Å²) < 4.78 is 0. The van der Waals surface area contributed by atoms with Crippen LogP contribution in [0.25, 0.3) is 0 Å². The fourth-order valence-electron chi connectivity index (χ4n) is 2.37. The molecule has 0 radical (unpaired) electrons. The maximum Gasteiger partial charge on any atom is 4.00 e. The van der Waals surface area contributed by atoms with Gasteiger partial charge in [-0.25, -0.2) is 24.3 Å². The zero-order valence-corrected chi connectivity index (χ0v) is 18.3. The van der Waals surface area contributed by atoms with Crippen LogP contribution >= 0.6 is 0 Å². The van der Waals surface area contributed by atoms with E-state index in [1.54, 1.807) is 0 Å². The summed E-state index contributed by atoms with van der Waals surface area (Å²) in [6, 6.07) is 20.0. The maximum absolute atomic E-state index is 4.19. The van der Waals surface area contributed by atoms with Crippen molar-refractivity contribution < 1.29 is 26.2 Å². The minimum absolute atomic E-state index is 0. The van der Waals surface area contributed by atoms with Gasteiger partial charge in [0.05, 0.1) is 0 Å². The summed E-state index contributed by atoms with van der Waals surface area (Å²) in [5, 5.41) is 0. The Kier molecular flexibility index (Phi) is 12.6. The third kappa shape index (κ3) is 12.6. The zero-order chi connectivity index (χ0) is 16.3. The van der Waals surface area contributed by atoms with Crippen molar-refractivity contribution in [1.82, 2.24) is 0 Å². The zero-order valence-electron chi connectivity index (χ0n) is 14.9. The standard InChI is InChI=1S/C11H20Si.2C5H5.Zr/c1-10-7-5-6-8-11(10)9-12(2,3)4;2*1-2-4-5-3-1;/h10H,1,5-8H2,2-4H3;2*1-5H;/q-2;2*-1;+4. The van der Waals surface area contributed by atoms with E-state index in [2.05, 4.69) is 32.3 Å². The molecule has 0 spiro atoms. The van der Waals surface area contributed by atoms with Crippen molar-refractivity contribution in [1.29, 1.82) is 0 Å². The molecule has 2 aromatic rings. The van der Waals surface area contributed by atoms with Gasteiger partial charge in [0.1, 0.15) is 0 Å². The molecule has 0 aliphatic heterocycles. The summed E-state index contributed by atoms with van der Waals surface area (Å²) in [6.45, 7) is 11.2. The summed E-state index contributed by atoms with van der Waals surface area (Å²) in [4.78, 5) is 0. The van der Waals surface area contributed by atoms with Gasteiger partial charge in [0, 0.05) is 0 Å². The summed E-state index contributed by atoms with van der Waals surface area (Å²) in [5.74, 6) is 0.575. The fourth-order valence-corrected chi connectivity index (χ4v) is 3.66. The molecule has 2 heteroatoms. The Balaban J connectivity index is 0.000000362. The largest absolute Gasteiger partial charge is 4.00 e. The van der Waals surface area contributed by atoms with Crippen molar-refractivity contribution in [3.8, 4) is 0 Å². The molecule has 1 aliphatic carbocycles. The summed E-state index contributed by atoms with van der Waals surface area (Å²) in [5.41, 5.74) is 5.23. The van der Waals surface area contributed by atoms with Crippen LogP contribution in [-0.4, -0.2) is 8.07 Å². The molecule has 0 heterocycles. The van der Waals surface area contributed by atoms with Crippen molar-refractivity contribution in [2.24, 2.45) is 5.92 Å². The second kappa shape index (κ2) is 12.9. The second-order valence-electron chi connectivity index (χ2n) is 6.77. The van der Waals surface area contributed by atoms with Gasteiger partial charge in [-0.15, -0.1) is 8.07 Å². The van der Waals surface area contributed by atoms with E-state index in [4.69, 9.17) is 0 Å². The molecule has 0 amide bonds. The Bertz CT molecular complexity index is 414. The quantitative estimate of drug-likeness (QED) is 0.382. The Morgan fingerprint density at radius 1 is 0.957 bits per heavy atom. The van der Waals surface area contributed by atoms with E-state index >= 15 is 0 Å². The Morgan fingerprint density at radius 2 is 1.43 bits per heavy atom. The van der Waals surface area contributed by atoms with Crippen LogP contribution in [-0.2, 0) is 26.2 Å². The molecular weight excluding hydrogens is 372 g/mol. The fraction of sp³-hybridized carbons (Fsp3) is 0.381. The van der Waals surface area contributed by atoms with Gasteiger partial charge in [-0.3, -0.25) is 5.57 Å². The minimum atomic E-state index is -1.11. The molecule has 0 nitrogen and oxygen atoms in total. The normalized spacial score (nSPS) is 18.8. The Labute approximate surface area is 163 Å². The van der Waals surface area contributed by atoms with E-state index in [1.807, 2.05) is 60.7 Å². The monoisotopic (exact) mass is 400 g/mol. The SMILES string of the molecule is [CH2-]C1CCCCC1=[C-][Si](C)(C)C.[Zr+4].c1cc[cH-]c1.c1cc[cH-]c1. The Morgan fingerprint density at radius 3 is 1.74 bits per heavy atom. The smallest absolute Gasteiger partial charge is 0.500 e. The van der Waals surface area contributed by atoms with Crippen molar-refractivity contribution in [2.45, 2.75) is 45.3 Å². The predicted octanol–water partition coefficient (Wildman–Crippen LogP) is 6.43. The van der Waals surface area contributed by atoms with Gasteiger partial charge in [-0.1, -0.05) is 45.3 Å². The average molecular weight is 402 g/mol. The number of rotatable bonds is 1. The van der Waals surface area contributed by atoms with Crippen LogP contribution in [0.15, 0.2) is 66.2 Å². The van der Waals surface area contributed by atoms with E-state index in [1.165, 1.54) is 31.3 Å². The van der Waals surface area contributed by atoms with Crippen LogP contribution in [0, 0.1) is 18.5 Å². The topological polar surface area (TPSA) is 0 Å². The molecule has 122 valence electrons. The van der Waals surface area contributed by atoms with Crippen LogP contribution in [0.3, 0.4) is 0 Å². The van der Waals surface area contributed by atoms with Crippen LogP contribution in [0.5, 0.6) is 0 Å². The molecule has 3 rings (SSSR count). The Hall–Kier alpha value is -0.460. The molecule has 2 aromatic carbocycles. The molecule has 23 heavy (non-hydrogen) atoms. The van der Waals surface area contributed by atoms with Gasteiger partial charge in [0.15, 0.2) is 0 Å². The number of allylic oxidation sites excluding steroid dienone is 1. The van der Waals surface area contributed by atoms with E-state index < -0.39 is 8.07 Å². The van der Waals surface area contributed by atoms with Crippen molar-refractivity contribution in [3.05, 3.63) is 78.9 Å². The van der Waals surface area contributed by atoms with Gasteiger partial charge >= 0.3 is 26.2 Å². The molecule has 1 saturated carbocycles. The van der Waals surface area contributed by atoms with Crippen LogP contribution in [0.1, 0.15) is 25.7 Å². The molecule has 0 saturated heterocycles. The minimum Gasteiger partial charge on any atom is -0.500 e. The first-order valence-corrected chi connectivity index (χ1v) is 11.8. The predicted molar refractivity (Wildman–Crippen MR) is 101 cm³/mol. The van der Waals surface area contributed by atoms with Crippen LogP contribution < -0.4 is 0 Å². The van der Waals surface area contributed by atoms with Crippen LogP contribution in [0.4, 0.5) is 0 Å². The van der Waals surface area contributed by atoms with E-state index in [9.17, 15) is 0 Å². The molecule has 0 bridgehead atoms. The number of hydrogen-bond acceptors (Lipinski definition) is 0. The third-order valence-electron chi connectivity index (χ3n) is 3.39. The van der Waals surface area contributed by atoms with Crippen molar-refractivity contribution in [2.75, 3.05) is 0 Å². The number of hydrogen-bond donors (Lipinski definition) is 0. The third-order valence-corrected chi connectivity index (χ3v) is 4.46. The molecule has 1 unspecified atom stereocenters. The summed E-state index contributed by atoms with van der Waals surface area (Å²) in [6.07, 6.45) is 5.27. The van der Waals surface area contributed by atoms with Gasteiger partial charge < -0.3 is 12.6 Å². The van der Waals surface area contributed by atoms with Crippen LogP contribution in [0.2, 0.25) is 19.6 Å². The van der Waals surface area contributed by atoms with Gasteiger partial charge in [0.25, 0.3) is 0 Å². The first-order chi connectivity index (χ1) is 10.5. The van der Waals surface area contributed by atoms with Gasteiger partial charge in [0.2, 0.25) is 0 Å². The average Bonchev–Trinajstić information content (AvgIpc) is 3.19. The molecule has 1 fully saturated rings. The maximum atomic E-state index is 4.19. The van der Waals surface area contributed by atoms with Crippen molar-refractivity contribution in [3.63, 3.8) is 0 Å². The first kappa shape index (κ1) is 22.5.